The Hall–Kier alpha value is -0.160. The third kappa shape index (κ3) is 2.94. The van der Waals surface area contributed by atoms with Crippen LogP contribution in [0.1, 0.15) is 24.7 Å². The highest BCUT2D eigenvalue weighted by Gasteiger charge is 2.12. The molecule has 1 aromatic rings. The lowest BCUT2D eigenvalue weighted by atomic mass is 10.1. The average molecular weight is 352 g/mol. The standard InChI is InChI=1S/C11H16Br2N2O/c1-4-9(5-12)6-15-8(3)10(13)7(2)14-11(15)16/h9H,4-6H2,1-3H3. The van der Waals surface area contributed by atoms with Crippen molar-refractivity contribution in [3.63, 3.8) is 0 Å². The molecule has 1 rings (SSSR count). The third-order valence-electron chi connectivity index (χ3n) is 2.77. The first-order valence-electron chi connectivity index (χ1n) is 5.30. The van der Waals surface area contributed by atoms with Gasteiger partial charge in [-0.15, -0.1) is 0 Å². The van der Waals surface area contributed by atoms with Gasteiger partial charge in [0.15, 0.2) is 0 Å². The predicted molar refractivity (Wildman–Crippen MR) is 73.2 cm³/mol. The van der Waals surface area contributed by atoms with Crippen molar-refractivity contribution in [3.8, 4) is 0 Å². The summed E-state index contributed by atoms with van der Waals surface area (Å²) in [6.45, 7) is 6.63. The van der Waals surface area contributed by atoms with Crippen LogP contribution >= 0.6 is 31.9 Å². The van der Waals surface area contributed by atoms with Gasteiger partial charge >= 0.3 is 5.69 Å². The summed E-state index contributed by atoms with van der Waals surface area (Å²) < 4.78 is 2.67. The van der Waals surface area contributed by atoms with Crippen LogP contribution in [0.15, 0.2) is 9.27 Å². The molecule has 5 heteroatoms. The smallest absolute Gasteiger partial charge is 0.295 e. The van der Waals surface area contributed by atoms with Crippen LogP contribution in [0.25, 0.3) is 0 Å². The van der Waals surface area contributed by atoms with Crippen molar-refractivity contribution in [2.75, 3.05) is 5.33 Å². The van der Waals surface area contributed by atoms with Crippen LogP contribution in [0, 0.1) is 19.8 Å². The second-order valence-electron chi connectivity index (χ2n) is 3.92. The number of alkyl halides is 1. The normalized spacial score (nSPS) is 12.8. The van der Waals surface area contributed by atoms with Gasteiger partial charge in [0.1, 0.15) is 0 Å². The van der Waals surface area contributed by atoms with Crippen molar-refractivity contribution in [3.05, 3.63) is 26.3 Å². The van der Waals surface area contributed by atoms with Gasteiger partial charge in [-0.2, -0.15) is 4.98 Å². The molecule has 3 nitrogen and oxygen atoms in total. The molecule has 1 heterocycles. The molecule has 0 fully saturated rings. The van der Waals surface area contributed by atoms with Gasteiger partial charge in [0.05, 0.1) is 10.2 Å². The second-order valence-corrected chi connectivity index (χ2v) is 5.36. The minimum absolute atomic E-state index is 0.155. The zero-order chi connectivity index (χ0) is 12.3. The first-order chi connectivity index (χ1) is 7.51. The topological polar surface area (TPSA) is 34.9 Å². The zero-order valence-electron chi connectivity index (χ0n) is 9.76. The molecule has 0 spiro atoms. The van der Waals surface area contributed by atoms with Gasteiger partial charge in [0, 0.05) is 17.6 Å². The summed E-state index contributed by atoms with van der Waals surface area (Å²) in [6.07, 6.45) is 1.04. The quantitative estimate of drug-likeness (QED) is 0.781. The van der Waals surface area contributed by atoms with Crippen LogP contribution in [-0.2, 0) is 6.54 Å². The van der Waals surface area contributed by atoms with Crippen molar-refractivity contribution in [2.45, 2.75) is 33.7 Å². The Labute approximate surface area is 113 Å². The Morgan fingerprint density at radius 1 is 1.44 bits per heavy atom. The Kier molecular flexibility index (Phi) is 5.18. The second kappa shape index (κ2) is 5.96. The van der Waals surface area contributed by atoms with Crippen LogP contribution in [-0.4, -0.2) is 14.9 Å². The Balaban J connectivity index is 3.14. The molecule has 90 valence electrons. The maximum absolute atomic E-state index is 11.8. The molecular formula is C11H16Br2N2O. The Morgan fingerprint density at radius 3 is 2.56 bits per heavy atom. The minimum atomic E-state index is -0.155. The lowest BCUT2D eigenvalue weighted by Gasteiger charge is -2.17. The minimum Gasteiger partial charge on any atom is -0.295 e. The van der Waals surface area contributed by atoms with Crippen LogP contribution in [0.3, 0.4) is 0 Å². The van der Waals surface area contributed by atoms with E-state index in [1.807, 2.05) is 13.8 Å². The molecule has 1 aromatic heterocycles. The molecular weight excluding hydrogens is 336 g/mol. The molecule has 0 saturated carbocycles. The molecule has 1 unspecified atom stereocenters. The van der Waals surface area contributed by atoms with Crippen molar-refractivity contribution in [1.29, 1.82) is 0 Å². The first-order valence-corrected chi connectivity index (χ1v) is 7.22. The van der Waals surface area contributed by atoms with Gasteiger partial charge in [0.25, 0.3) is 0 Å². The lowest BCUT2D eigenvalue weighted by molar-refractivity contribution is 0.455. The SMILES string of the molecule is CCC(CBr)Cn1c(C)c(Br)c(C)nc1=O. The summed E-state index contributed by atoms with van der Waals surface area (Å²) in [5.74, 6) is 0.466. The maximum atomic E-state index is 11.8. The van der Waals surface area contributed by atoms with E-state index >= 15 is 0 Å². The van der Waals surface area contributed by atoms with E-state index in [0.29, 0.717) is 5.92 Å². The fraction of sp³-hybridized carbons (Fsp3) is 0.636. The highest BCUT2D eigenvalue weighted by atomic mass is 79.9. The molecule has 0 amide bonds. The predicted octanol–water partition coefficient (Wildman–Crippen LogP) is 3.04. The van der Waals surface area contributed by atoms with Gasteiger partial charge < -0.3 is 0 Å². The first kappa shape index (κ1) is 13.9. The van der Waals surface area contributed by atoms with Crippen molar-refractivity contribution < 1.29 is 0 Å². The van der Waals surface area contributed by atoms with Gasteiger partial charge in [-0.3, -0.25) is 4.57 Å². The number of rotatable bonds is 4. The number of nitrogens with zero attached hydrogens (tertiary/aromatic N) is 2. The van der Waals surface area contributed by atoms with Gasteiger partial charge in [-0.1, -0.05) is 29.3 Å². The summed E-state index contributed by atoms with van der Waals surface area (Å²) in [5, 5.41) is 0.904. The largest absolute Gasteiger partial charge is 0.348 e. The number of hydrogen-bond donors (Lipinski definition) is 0. The Bertz CT molecular complexity index is 425. The summed E-state index contributed by atoms with van der Waals surface area (Å²) in [7, 11) is 0. The van der Waals surface area contributed by atoms with E-state index in [1.165, 1.54) is 0 Å². The maximum Gasteiger partial charge on any atom is 0.348 e. The molecule has 0 N–H and O–H groups in total. The molecule has 0 aliphatic carbocycles. The molecule has 0 aliphatic heterocycles. The molecule has 0 aliphatic rings. The number of hydrogen-bond acceptors (Lipinski definition) is 2. The molecule has 0 aromatic carbocycles. The summed E-state index contributed by atoms with van der Waals surface area (Å²) in [4.78, 5) is 15.8. The number of aromatic nitrogens is 2. The van der Waals surface area contributed by atoms with Gasteiger partial charge in [-0.05, 0) is 35.7 Å². The van der Waals surface area contributed by atoms with E-state index in [0.717, 1.165) is 34.2 Å². The molecule has 0 bridgehead atoms. The van der Waals surface area contributed by atoms with Gasteiger partial charge in [0.2, 0.25) is 0 Å². The van der Waals surface area contributed by atoms with Crippen LogP contribution in [0.5, 0.6) is 0 Å². The molecule has 0 saturated heterocycles. The zero-order valence-corrected chi connectivity index (χ0v) is 12.9. The van der Waals surface area contributed by atoms with Crippen LogP contribution < -0.4 is 5.69 Å². The van der Waals surface area contributed by atoms with E-state index in [1.54, 1.807) is 4.57 Å². The fourth-order valence-corrected chi connectivity index (χ4v) is 2.50. The number of aryl methyl sites for hydroxylation is 1. The molecule has 16 heavy (non-hydrogen) atoms. The summed E-state index contributed by atoms with van der Waals surface area (Å²) in [6, 6.07) is 0. The van der Waals surface area contributed by atoms with Crippen LogP contribution in [0.4, 0.5) is 0 Å². The highest BCUT2D eigenvalue weighted by molar-refractivity contribution is 9.10. The fourth-order valence-electron chi connectivity index (χ4n) is 1.54. The summed E-state index contributed by atoms with van der Waals surface area (Å²) >= 11 is 6.93. The summed E-state index contributed by atoms with van der Waals surface area (Å²) in [5.41, 5.74) is 1.56. The van der Waals surface area contributed by atoms with Crippen molar-refractivity contribution in [1.82, 2.24) is 9.55 Å². The lowest BCUT2D eigenvalue weighted by Crippen LogP contribution is -2.29. The van der Waals surface area contributed by atoms with E-state index in [-0.39, 0.29) is 5.69 Å². The van der Waals surface area contributed by atoms with E-state index in [4.69, 9.17) is 0 Å². The third-order valence-corrected chi connectivity index (χ3v) is 4.83. The van der Waals surface area contributed by atoms with E-state index in [9.17, 15) is 4.79 Å². The Morgan fingerprint density at radius 2 is 2.06 bits per heavy atom. The van der Waals surface area contributed by atoms with E-state index in [2.05, 4.69) is 43.8 Å². The molecule has 1 atom stereocenters. The average Bonchev–Trinajstić information content (AvgIpc) is 2.27. The molecule has 0 radical (unpaired) electrons. The monoisotopic (exact) mass is 350 g/mol. The van der Waals surface area contributed by atoms with E-state index < -0.39 is 0 Å². The highest BCUT2D eigenvalue weighted by Crippen LogP contribution is 2.18. The van der Waals surface area contributed by atoms with Gasteiger partial charge in [-0.25, -0.2) is 4.79 Å². The van der Waals surface area contributed by atoms with Crippen molar-refractivity contribution >= 4 is 31.9 Å². The van der Waals surface area contributed by atoms with Crippen LogP contribution in [0.2, 0.25) is 0 Å². The number of halogens is 2. The van der Waals surface area contributed by atoms with Crippen molar-refractivity contribution in [2.24, 2.45) is 5.92 Å².